The first kappa shape index (κ1) is 14.7. The molecule has 2 N–H and O–H groups in total. The number of ether oxygens (including phenoxy) is 1. The van der Waals surface area contributed by atoms with E-state index in [-0.39, 0.29) is 12.4 Å². The highest BCUT2D eigenvalue weighted by molar-refractivity contribution is 5.48. The first-order valence-corrected chi connectivity index (χ1v) is 5.47. The van der Waals surface area contributed by atoms with Gasteiger partial charge in [-0.3, -0.25) is 0 Å². The molecule has 0 radical (unpaired) electrons. The lowest BCUT2D eigenvalue weighted by Gasteiger charge is -2.25. The Balaban J connectivity index is 3.03. The van der Waals surface area contributed by atoms with Gasteiger partial charge in [0.2, 0.25) is 0 Å². The van der Waals surface area contributed by atoms with Crippen LogP contribution in [0.3, 0.4) is 0 Å². The third-order valence-corrected chi connectivity index (χ3v) is 2.36. The van der Waals surface area contributed by atoms with E-state index in [1.165, 1.54) is 24.3 Å². The van der Waals surface area contributed by atoms with Crippen molar-refractivity contribution in [3.05, 3.63) is 23.9 Å². The van der Waals surface area contributed by atoms with Gasteiger partial charge in [0.05, 0.1) is 12.2 Å². The van der Waals surface area contributed by atoms with Crippen molar-refractivity contribution in [1.29, 1.82) is 0 Å². The van der Waals surface area contributed by atoms with Gasteiger partial charge < -0.3 is 15.4 Å². The highest BCUT2D eigenvalue weighted by Crippen LogP contribution is 2.34. The maximum atomic E-state index is 12.8. The maximum absolute atomic E-state index is 12.8. The Morgan fingerprint density at radius 1 is 1.39 bits per heavy atom. The highest BCUT2D eigenvalue weighted by atomic mass is 19.4. The summed E-state index contributed by atoms with van der Waals surface area (Å²) in [5.41, 5.74) is 4.65. The smallest absolute Gasteiger partial charge is 0.383 e. The largest absolute Gasteiger partial charge is 0.419 e. The zero-order valence-electron chi connectivity index (χ0n) is 10.1. The number of nitrogens with two attached hydrogens (primary N) is 1. The van der Waals surface area contributed by atoms with Gasteiger partial charge in [-0.05, 0) is 12.1 Å². The van der Waals surface area contributed by atoms with Gasteiger partial charge in [-0.2, -0.15) is 13.2 Å². The van der Waals surface area contributed by atoms with Crippen LogP contribution in [-0.2, 0) is 10.9 Å². The van der Waals surface area contributed by atoms with Crippen LogP contribution in [0.1, 0.15) is 5.56 Å². The van der Waals surface area contributed by atoms with Crippen molar-refractivity contribution in [1.82, 2.24) is 4.98 Å². The summed E-state index contributed by atoms with van der Waals surface area (Å²) in [4.78, 5) is 5.29. The number of alkyl halides is 3. The van der Waals surface area contributed by atoms with Gasteiger partial charge in [-0.1, -0.05) is 0 Å². The van der Waals surface area contributed by atoms with E-state index in [9.17, 15) is 13.2 Å². The minimum atomic E-state index is -4.43. The molecule has 0 aliphatic heterocycles. The molecule has 7 heteroatoms. The topological polar surface area (TPSA) is 51.4 Å². The number of halogens is 3. The Hall–Kier alpha value is -1.34. The van der Waals surface area contributed by atoms with Gasteiger partial charge in [0.25, 0.3) is 0 Å². The van der Waals surface area contributed by atoms with Crippen molar-refractivity contribution < 1.29 is 17.9 Å². The summed E-state index contributed by atoms with van der Waals surface area (Å²) in [6.45, 7) is 1.17. The average Bonchev–Trinajstić information content (AvgIpc) is 2.33. The van der Waals surface area contributed by atoms with Gasteiger partial charge in [0.15, 0.2) is 0 Å². The number of methoxy groups -OCH3 is 1. The molecule has 18 heavy (non-hydrogen) atoms. The molecule has 0 saturated carbocycles. The molecule has 0 unspecified atom stereocenters. The second kappa shape index (κ2) is 6.55. The second-order valence-electron chi connectivity index (χ2n) is 3.64. The normalized spacial score (nSPS) is 11.6. The van der Waals surface area contributed by atoms with E-state index in [0.29, 0.717) is 19.7 Å². The Morgan fingerprint density at radius 2 is 2.11 bits per heavy atom. The van der Waals surface area contributed by atoms with Crippen LogP contribution in [-0.4, -0.2) is 38.3 Å². The van der Waals surface area contributed by atoms with Crippen LogP contribution >= 0.6 is 0 Å². The third-order valence-electron chi connectivity index (χ3n) is 2.36. The summed E-state index contributed by atoms with van der Waals surface area (Å²) in [7, 11) is 1.49. The SMILES string of the molecule is COCCN(CCN)c1ncccc1C(F)(F)F. The van der Waals surface area contributed by atoms with E-state index in [1.807, 2.05) is 0 Å². The Kier molecular flexibility index (Phi) is 5.36. The molecule has 0 aliphatic rings. The number of pyridine rings is 1. The molecule has 1 heterocycles. The average molecular weight is 263 g/mol. The number of anilines is 1. The lowest BCUT2D eigenvalue weighted by molar-refractivity contribution is -0.137. The van der Waals surface area contributed by atoms with Crippen LogP contribution in [0, 0.1) is 0 Å². The maximum Gasteiger partial charge on any atom is 0.419 e. The minimum Gasteiger partial charge on any atom is -0.383 e. The standard InChI is InChI=1S/C11H16F3N3O/c1-18-8-7-17(6-4-15)10-9(11(12,13)14)3-2-5-16-10/h2-3,5H,4,6-8,15H2,1H3. The van der Waals surface area contributed by atoms with Crippen molar-refractivity contribution in [3.63, 3.8) is 0 Å². The van der Waals surface area contributed by atoms with Crippen LogP contribution in [0.5, 0.6) is 0 Å². The van der Waals surface area contributed by atoms with E-state index in [1.54, 1.807) is 0 Å². The van der Waals surface area contributed by atoms with E-state index in [0.717, 1.165) is 6.07 Å². The van der Waals surface area contributed by atoms with Gasteiger partial charge >= 0.3 is 6.18 Å². The molecule has 1 aromatic rings. The summed E-state index contributed by atoms with van der Waals surface area (Å²) in [5, 5.41) is 0. The van der Waals surface area contributed by atoms with Crippen LogP contribution in [0.15, 0.2) is 18.3 Å². The van der Waals surface area contributed by atoms with E-state index in [4.69, 9.17) is 10.5 Å². The lowest BCUT2D eigenvalue weighted by atomic mass is 10.2. The number of hydrogen-bond donors (Lipinski definition) is 1. The molecule has 1 aromatic heterocycles. The van der Waals surface area contributed by atoms with Gasteiger partial charge in [0, 0.05) is 32.9 Å². The van der Waals surface area contributed by atoms with Crippen molar-refractivity contribution >= 4 is 5.82 Å². The summed E-state index contributed by atoms with van der Waals surface area (Å²) >= 11 is 0. The van der Waals surface area contributed by atoms with Crippen molar-refractivity contribution in [2.75, 3.05) is 38.3 Å². The van der Waals surface area contributed by atoms with E-state index in [2.05, 4.69) is 4.98 Å². The van der Waals surface area contributed by atoms with Crippen molar-refractivity contribution in [2.45, 2.75) is 6.18 Å². The molecule has 0 atom stereocenters. The van der Waals surface area contributed by atoms with Crippen LogP contribution in [0.25, 0.3) is 0 Å². The zero-order valence-corrected chi connectivity index (χ0v) is 10.1. The monoisotopic (exact) mass is 263 g/mol. The van der Waals surface area contributed by atoms with Gasteiger partial charge in [0.1, 0.15) is 5.82 Å². The first-order valence-electron chi connectivity index (χ1n) is 5.47. The van der Waals surface area contributed by atoms with Crippen LogP contribution < -0.4 is 10.6 Å². The molecular formula is C11H16F3N3O. The molecular weight excluding hydrogens is 247 g/mol. The lowest BCUT2D eigenvalue weighted by Crippen LogP contribution is -2.34. The summed E-state index contributed by atoms with van der Waals surface area (Å²) in [5.74, 6) is -0.104. The molecule has 0 amide bonds. The molecule has 0 spiro atoms. The van der Waals surface area contributed by atoms with Crippen molar-refractivity contribution in [2.24, 2.45) is 5.73 Å². The van der Waals surface area contributed by atoms with Gasteiger partial charge in [-0.15, -0.1) is 0 Å². The first-order chi connectivity index (χ1) is 8.50. The third kappa shape index (κ3) is 3.85. The molecule has 0 fully saturated rings. The van der Waals surface area contributed by atoms with E-state index < -0.39 is 11.7 Å². The fourth-order valence-corrected chi connectivity index (χ4v) is 1.55. The number of nitrogens with zero attached hydrogens (tertiary/aromatic N) is 2. The molecule has 0 aromatic carbocycles. The Morgan fingerprint density at radius 3 is 2.67 bits per heavy atom. The molecule has 1 rings (SSSR count). The fourth-order valence-electron chi connectivity index (χ4n) is 1.55. The quantitative estimate of drug-likeness (QED) is 0.845. The minimum absolute atomic E-state index is 0.104. The predicted molar refractivity (Wildman–Crippen MR) is 62.4 cm³/mol. The zero-order chi connectivity index (χ0) is 13.6. The van der Waals surface area contributed by atoms with Crippen LogP contribution in [0.2, 0.25) is 0 Å². The number of rotatable bonds is 6. The second-order valence-corrected chi connectivity index (χ2v) is 3.64. The highest BCUT2D eigenvalue weighted by Gasteiger charge is 2.35. The predicted octanol–water partition coefficient (Wildman–Crippen LogP) is 1.51. The Bertz CT molecular complexity index is 371. The molecule has 0 bridgehead atoms. The summed E-state index contributed by atoms with van der Waals surface area (Å²) in [6.07, 6.45) is -3.09. The molecule has 0 aliphatic carbocycles. The summed E-state index contributed by atoms with van der Waals surface area (Å²) in [6, 6.07) is 2.28. The van der Waals surface area contributed by atoms with Gasteiger partial charge in [-0.25, -0.2) is 4.98 Å². The van der Waals surface area contributed by atoms with Crippen molar-refractivity contribution in [3.8, 4) is 0 Å². The number of hydrogen-bond acceptors (Lipinski definition) is 4. The fraction of sp³-hybridized carbons (Fsp3) is 0.545. The Labute approximate surface area is 104 Å². The number of aromatic nitrogens is 1. The van der Waals surface area contributed by atoms with Crippen LogP contribution in [0.4, 0.5) is 19.0 Å². The molecule has 102 valence electrons. The molecule has 4 nitrogen and oxygen atoms in total. The molecule has 0 saturated heterocycles. The van der Waals surface area contributed by atoms with E-state index >= 15 is 0 Å². The summed E-state index contributed by atoms with van der Waals surface area (Å²) < 4.78 is 43.4.